The molecule has 1 aromatic rings. The maximum absolute atomic E-state index is 14.1. The van der Waals surface area contributed by atoms with Crippen molar-refractivity contribution in [1.29, 1.82) is 0 Å². The predicted molar refractivity (Wildman–Crippen MR) is 81.7 cm³/mol. The molecule has 0 bridgehead atoms. The van der Waals surface area contributed by atoms with E-state index in [0.717, 1.165) is 19.1 Å². The first-order valence-corrected chi connectivity index (χ1v) is 7.63. The van der Waals surface area contributed by atoms with E-state index in [1.165, 1.54) is 0 Å². The highest BCUT2D eigenvalue weighted by Crippen LogP contribution is 2.30. The molecule has 1 aromatic carbocycles. The summed E-state index contributed by atoms with van der Waals surface area (Å²) in [5.41, 5.74) is -1.09. The first kappa shape index (κ1) is 17.5. The Kier molecular flexibility index (Phi) is 5.46. The van der Waals surface area contributed by atoms with E-state index >= 15 is 0 Å². The number of ether oxygens (including phenoxy) is 1. The molecule has 4 nitrogen and oxygen atoms in total. The molecule has 0 atom stereocenters. The summed E-state index contributed by atoms with van der Waals surface area (Å²) < 4.78 is 44.8. The molecule has 2 rings (SSSR count). The summed E-state index contributed by atoms with van der Waals surface area (Å²) in [6.45, 7) is 1.58. The number of halogens is 4. The first-order valence-electron chi connectivity index (χ1n) is 6.83. The summed E-state index contributed by atoms with van der Waals surface area (Å²) in [6.07, 6.45) is 2.76. The zero-order chi connectivity index (χ0) is 17.1. The lowest BCUT2D eigenvalue weighted by Crippen LogP contribution is -2.12. The topological polar surface area (TPSA) is 58.9 Å². The lowest BCUT2D eigenvalue weighted by atomic mass is 10.1. The van der Waals surface area contributed by atoms with Gasteiger partial charge in [0.05, 0.1) is 22.7 Å². The number of esters is 1. The molecule has 124 valence electrons. The molecule has 0 unspecified atom stereocenters. The standard InChI is InChI=1S/C15H13BrF3NO3/c1-2-23-15(22)9(6-20-7-3-4-7)14(21)8-5-10(17)13(19)11(16)12(8)18/h5-7,21H,2-4H2,1H3. The minimum atomic E-state index is -1.43. The second kappa shape index (κ2) is 7.16. The zero-order valence-corrected chi connectivity index (χ0v) is 13.7. The molecule has 23 heavy (non-hydrogen) atoms. The maximum atomic E-state index is 14.1. The van der Waals surface area contributed by atoms with Crippen molar-refractivity contribution in [1.82, 2.24) is 0 Å². The van der Waals surface area contributed by atoms with Gasteiger partial charge in [0.2, 0.25) is 0 Å². The second-order valence-corrected chi connectivity index (χ2v) is 5.63. The van der Waals surface area contributed by atoms with Gasteiger partial charge in [0.15, 0.2) is 17.5 Å². The molecular formula is C15H13BrF3NO3. The van der Waals surface area contributed by atoms with Crippen molar-refractivity contribution in [2.45, 2.75) is 25.8 Å². The Morgan fingerprint density at radius 3 is 2.65 bits per heavy atom. The molecule has 8 heteroatoms. The third-order valence-corrected chi connectivity index (χ3v) is 3.77. The molecule has 0 aromatic heterocycles. The number of aliphatic hydroxyl groups is 1. The number of aliphatic imine (C=N–C) groups is 1. The molecule has 0 spiro atoms. The third kappa shape index (κ3) is 3.93. The van der Waals surface area contributed by atoms with E-state index in [0.29, 0.717) is 6.07 Å². The summed E-state index contributed by atoms with van der Waals surface area (Å²) in [6, 6.07) is 0.503. The van der Waals surface area contributed by atoms with E-state index in [-0.39, 0.29) is 12.6 Å². The molecule has 1 aliphatic rings. The van der Waals surface area contributed by atoms with Crippen LogP contribution < -0.4 is 0 Å². The lowest BCUT2D eigenvalue weighted by molar-refractivity contribution is -0.137. The van der Waals surface area contributed by atoms with Crippen LogP contribution in [0.25, 0.3) is 5.76 Å². The fraction of sp³-hybridized carbons (Fsp3) is 0.333. The summed E-state index contributed by atoms with van der Waals surface area (Å²) in [5.74, 6) is -5.84. The van der Waals surface area contributed by atoms with Gasteiger partial charge in [-0.15, -0.1) is 0 Å². The maximum Gasteiger partial charge on any atom is 0.343 e. The van der Waals surface area contributed by atoms with Gasteiger partial charge in [0.25, 0.3) is 0 Å². The average Bonchev–Trinajstić information content (AvgIpc) is 3.33. The zero-order valence-electron chi connectivity index (χ0n) is 12.1. The van der Waals surface area contributed by atoms with Gasteiger partial charge < -0.3 is 9.84 Å². The van der Waals surface area contributed by atoms with Gasteiger partial charge in [-0.2, -0.15) is 0 Å². The van der Waals surface area contributed by atoms with Crippen molar-refractivity contribution in [3.8, 4) is 0 Å². The number of carbonyl (C=O) groups is 1. The van der Waals surface area contributed by atoms with Gasteiger partial charge in [0, 0.05) is 6.21 Å². The van der Waals surface area contributed by atoms with Crippen LogP contribution in [0.15, 0.2) is 21.1 Å². The highest BCUT2D eigenvalue weighted by Gasteiger charge is 2.25. The van der Waals surface area contributed by atoms with Crippen molar-refractivity contribution < 1.29 is 27.8 Å². The normalized spacial score (nSPS) is 15.7. The van der Waals surface area contributed by atoms with E-state index < -0.39 is 44.8 Å². The Morgan fingerprint density at radius 1 is 1.43 bits per heavy atom. The van der Waals surface area contributed by atoms with E-state index in [4.69, 9.17) is 4.74 Å². The summed E-state index contributed by atoms with van der Waals surface area (Å²) in [4.78, 5) is 15.9. The monoisotopic (exact) mass is 391 g/mol. The smallest absolute Gasteiger partial charge is 0.343 e. The van der Waals surface area contributed by atoms with Gasteiger partial charge in [-0.25, -0.2) is 18.0 Å². The Morgan fingerprint density at radius 2 is 2.09 bits per heavy atom. The molecule has 0 amide bonds. The number of carbonyl (C=O) groups excluding carboxylic acids is 1. The summed E-state index contributed by atoms with van der Waals surface area (Å²) >= 11 is 2.56. The summed E-state index contributed by atoms with van der Waals surface area (Å²) in [7, 11) is 0. The van der Waals surface area contributed by atoms with Gasteiger partial charge >= 0.3 is 5.97 Å². The minimum absolute atomic E-state index is 0.0246. The fourth-order valence-corrected chi connectivity index (χ4v) is 2.12. The van der Waals surface area contributed by atoms with Crippen LogP contribution in [0.1, 0.15) is 25.3 Å². The molecule has 0 saturated heterocycles. The number of rotatable bonds is 5. The molecule has 1 aliphatic carbocycles. The minimum Gasteiger partial charge on any atom is -0.506 e. The van der Waals surface area contributed by atoms with Crippen LogP contribution in [0.2, 0.25) is 0 Å². The Hall–Kier alpha value is -1.83. The first-order chi connectivity index (χ1) is 10.9. The average molecular weight is 392 g/mol. The molecular weight excluding hydrogens is 379 g/mol. The third-order valence-electron chi connectivity index (χ3n) is 3.07. The van der Waals surface area contributed by atoms with Crippen molar-refractivity contribution in [2.24, 2.45) is 4.99 Å². The highest BCUT2D eigenvalue weighted by molar-refractivity contribution is 9.10. The van der Waals surface area contributed by atoms with Crippen LogP contribution >= 0.6 is 15.9 Å². The number of hydrogen-bond acceptors (Lipinski definition) is 4. The molecule has 1 fully saturated rings. The van der Waals surface area contributed by atoms with Crippen LogP contribution in [-0.2, 0) is 9.53 Å². The van der Waals surface area contributed by atoms with Gasteiger partial charge in [0.1, 0.15) is 11.3 Å². The lowest BCUT2D eigenvalue weighted by Gasteiger charge is -2.09. The number of aliphatic hydroxyl groups excluding tert-OH is 1. The van der Waals surface area contributed by atoms with Gasteiger partial charge in [-0.1, -0.05) is 0 Å². The number of hydrogen-bond donors (Lipinski definition) is 1. The van der Waals surface area contributed by atoms with Gasteiger partial charge in [-0.3, -0.25) is 4.99 Å². The second-order valence-electron chi connectivity index (χ2n) is 4.84. The van der Waals surface area contributed by atoms with E-state index in [2.05, 4.69) is 20.9 Å². The molecule has 0 aliphatic heterocycles. The number of nitrogens with zero attached hydrogens (tertiary/aromatic N) is 1. The Bertz CT molecular complexity index is 700. The van der Waals surface area contributed by atoms with E-state index in [9.17, 15) is 23.1 Å². The molecule has 0 heterocycles. The largest absolute Gasteiger partial charge is 0.506 e. The molecule has 0 radical (unpaired) electrons. The Balaban J connectivity index is 2.54. The van der Waals surface area contributed by atoms with Crippen LogP contribution in [0.5, 0.6) is 0 Å². The van der Waals surface area contributed by atoms with Crippen LogP contribution in [0.4, 0.5) is 13.2 Å². The van der Waals surface area contributed by atoms with Crippen LogP contribution in [0.3, 0.4) is 0 Å². The van der Waals surface area contributed by atoms with E-state index in [1.54, 1.807) is 6.92 Å². The Labute approximate surface area is 138 Å². The molecule has 1 N–H and O–H groups in total. The van der Waals surface area contributed by atoms with Crippen LogP contribution in [-0.4, -0.2) is 29.9 Å². The summed E-state index contributed by atoms with van der Waals surface area (Å²) in [5, 5.41) is 10.2. The van der Waals surface area contributed by atoms with Crippen molar-refractivity contribution in [2.75, 3.05) is 6.61 Å². The van der Waals surface area contributed by atoms with Crippen molar-refractivity contribution >= 4 is 33.9 Å². The number of benzene rings is 1. The van der Waals surface area contributed by atoms with Crippen molar-refractivity contribution in [3.05, 3.63) is 39.1 Å². The molecule has 1 saturated carbocycles. The van der Waals surface area contributed by atoms with Crippen molar-refractivity contribution in [3.63, 3.8) is 0 Å². The van der Waals surface area contributed by atoms with Gasteiger partial charge in [-0.05, 0) is 41.8 Å². The van der Waals surface area contributed by atoms with E-state index in [1.807, 2.05) is 0 Å². The highest BCUT2D eigenvalue weighted by atomic mass is 79.9. The predicted octanol–water partition coefficient (Wildman–Crippen LogP) is 3.93. The quantitative estimate of drug-likeness (QED) is 0.206. The SMILES string of the molecule is CCOC(=O)C(C=NC1CC1)=C(O)c1cc(F)c(F)c(Br)c1F. The van der Waals surface area contributed by atoms with Crippen LogP contribution in [0, 0.1) is 17.5 Å². The fourth-order valence-electron chi connectivity index (χ4n) is 1.71.